The van der Waals surface area contributed by atoms with Crippen LogP contribution in [-0.2, 0) is 10.5 Å². The number of aromatic nitrogens is 1. The van der Waals surface area contributed by atoms with Gasteiger partial charge in [0.2, 0.25) is 0 Å². The number of rotatable bonds is 6. The van der Waals surface area contributed by atoms with Gasteiger partial charge in [-0.2, -0.15) is 0 Å². The van der Waals surface area contributed by atoms with Gasteiger partial charge in [-0.05, 0) is 48.0 Å². The quantitative estimate of drug-likeness (QED) is 0.501. The van der Waals surface area contributed by atoms with E-state index in [2.05, 4.69) is 15.0 Å². The number of carbonyl (C=O) groups is 2. The molecule has 2 heterocycles. The predicted molar refractivity (Wildman–Crippen MR) is 104 cm³/mol. The summed E-state index contributed by atoms with van der Waals surface area (Å²) in [4.78, 5) is 29.8. The molecule has 0 aliphatic carbocycles. The smallest absolute Gasteiger partial charge is 0.348 e. The van der Waals surface area contributed by atoms with Crippen molar-refractivity contribution < 1.29 is 14.3 Å². The van der Waals surface area contributed by atoms with E-state index in [9.17, 15) is 9.59 Å². The number of methoxy groups -OCH3 is 1. The molecular weight excluding hydrogens is 368 g/mol. The second kappa shape index (κ2) is 8.64. The molecule has 3 aromatic rings. The minimum absolute atomic E-state index is 0.249. The third kappa shape index (κ3) is 4.71. The first-order valence-electron chi connectivity index (χ1n) is 7.77. The van der Waals surface area contributed by atoms with E-state index in [0.29, 0.717) is 15.4 Å². The monoisotopic (exact) mass is 384 g/mol. The third-order valence-electron chi connectivity index (χ3n) is 3.46. The van der Waals surface area contributed by atoms with E-state index in [-0.39, 0.29) is 5.91 Å². The molecule has 26 heavy (non-hydrogen) atoms. The molecular formula is C19H16N2O3S2. The molecule has 0 saturated carbocycles. The minimum Gasteiger partial charge on any atom is -0.465 e. The molecule has 0 fully saturated rings. The Balaban J connectivity index is 1.57. The number of thiophene rings is 1. The maximum absolute atomic E-state index is 12.3. The van der Waals surface area contributed by atoms with Crippen LogP contribution in [0, 0.1) is 0 Å². The maximum Gasteiger partial charge on any atom is 0.348 e. The molecule has 0 unspecified atom stereocenters. The highest BCUT2D eigenvalue weighted by Crippen LogP contribution is 2.25. The largest absolute Gasteiger partial charge is 0.465 e. The van der Waals surface area contributed by atoms with E-state index in [1.807, 2.05) is 42.6 Å². The molecule has 0 radical (unpaired) electrons. The Hall–Kier alpha value is -2.64. The Labute approximate surface area is 159 Å². The fraction of sp³-hybridized carbons (Fsp3) is 0.105. The average Bonchev–Trinajstić information content (AvgIpc) is 3.18. The van der Waals surface area contributed by atoms with Gasteiger partial charge in [0.1, 0.15) is 4.88 Å². The van der Waals surface area contributed by atoms with Crippen LogP contribution in [0.2, 0.25) is 0 Å². The molecule has 2 aromatic heterocycles. The van der Waals surface area contributed by atoms with Crippen molar-refractivity contribution in [3.63, 3.8) is 0 Å². The molecule has 0 saturated heterocycles. The van der Waals surface area contributed by atoms with Crippen molar-refractivity contribution in [1.82, 2.24) is 4.98 Å². The Morgan fingerprint density at radius 2 is 1.88 bits per heavy atom. The van der Waals surface area contributed by atoms with E-state index in [0.717, 1.165) is 27.5 Å². The lowest BCUT2D eigenvalue weighted by molar-refractivity contribution is 0.0606. The van der Waals surface area contributed by atoms with Crippen molar-refractivity contribution in [3.8, 4) is 0 Å². The number of nitrogens with zero attached hydrogens (tertiary/aromatic N) is 1. The summed E-state index contributed by atoms with van der Waals surface area (Å²) in [5.41, 5.74) is 1.86. The molecule has 1 N–H and O–H groups in total. The van der Waals surface area contributed by atoms with Crippen molar-refractivity contribution in [1.29, 1.82) is 0 Å². The second-order valence-corrected chi connectivity index (χ2v) is 7.42. The fourth-order valence-corrected chi connectivity index (χ4v) is 3.80. The lowest BCUT2D eigenvalue weighted by Gasteiger charge is -2.06. The van der Waals surface area contributed by atoms with Crippen molar-refractivity contribution in [2.24, 2.45) is 0 Å². The molecule has 1 amide bonds. The van der Waals surface area contributed by atoms with Crippen molar-refractivity contribution in [2.75, 3.05) is 12.4 Å². The highest BCUT2D eigenvalue weighted by atomic mass is 32.2. The van der Waals surface area contributed by atoms with Crippen molar-refractivity contribution in [3.05, 3.63) is 76.2 Å². The summed E-state index contributed by atoms with van der Waals surface area (Å²) in [6.07, 6.45) is 3.61. The molecule has 132 valence electrons. The van der Waals surface area contributed by atoms with Crippen molar-refractivity contribution in [2.45, 2.75) is 10.6 Å². The van der Waals surface area contributed by atoms with E-state index in [1.165, 1.54) is 7.11 Å². The molecule has 0 atom stereocenters. The number of thioether (sulfide) groups is 1. The standard InChI is InChI=1S/C19H16N2O3S2/c1-24-19(23)17-9-8-16(26-17)18(22)21-14-4-6-15(7-5-14)25-12-13-3-2-10-20-11-13/h2-11H,12H2,1H3,(H,21,22). The Kier molecular flexibility index (Phi) is 6.04. The predicted octanol–water partition coefficient (Wildman–Crippen LogP) is 4.47. The van der Waals surface area contributed by atoms with Gasteiger partial charge in [0.05, 0.1) is 12.0 Å². The summed E-state index contributed by atoms with van der Waals surface area (Å²) in [5.74, 6) is 0.148. The zero-order chi connectivity index (χ0) is 18.4. The number of carbonyl (C=O) groups excluding carboxylic acids is 2. The van der Waals surface area contributed by atoms with Gasteiger partial charge in [-0.25, -0.2) is 4.79 Å². The van der Waals surface area contributed by atoms with Gasteiger partial charge >= 0.3 is 5.97 Å². The van der Waals surface area contributed by atoms with Gasteiger partial charge in [0.15, 0.2) is 0 Å². The molecule has 3 rings (SSSR count). The first kappa shape index (κ1) is 18.2. The second-order valence-electron chi connectivity index (χ2n) is 5.28. The van der Waals surface area contributed by atoms with Crippen LogP contribution in [0.5, 0.6) is 0 Å². The van der Waals surface area contributed by atoms with Crippen LogP contribution in [0.1, 0.15) is 24.9 Å². The van der Waals surface area contributed by atoms with Gasteiger partial charge < -0.3 is 10.1 Å². The number of pyridine rings is 1. The van der Waals surface area contributed by atoms with Crippen LogP contribution in [0.4, 0.5) is 5.69 Å². The lowest BCUT2D eigenvalue weighted by atomic mass is 10.3. The lowest BCUT2D eigenvalue weighted by Crippen LogP contribution is -2.09. The van der Waals surface area contributed by atoms with Crippen LogP contribution in [0.25, 0.3) is 0 Å². The maximum atomic E-state index is 12.3. The molecule has 0 spiro atoms. The molecule has 7 heteroatoms. The first-order chi connectivity index (χ1) is 12.7. The summed E-state index contributed by atoms with van der Waals surface area (Å²) >= 11 is 2.81. The zero-order valence-electron chi connectivity index (χ0n) is 14.0. The Morgan fingerprint density at radius 3 is 2.58 bits per heavy atom. The highest BCUT2D eigenvalue weighted by molar-refractivity contribution is 7.98. The van der Waals surface area contributed by atoms with E-state index in [4.69, 9.17) is 0 Å². The minimum atomic E-state index is -0.441. The summed E-state index contributed by atoms with van der Waals surface area (Å²) in [6, 6.07) is 14.8. The van der Waals surface area contributed by atoms with Crippen molar-refractivity contribution >= 4 is 40.7 Å². The van der Waals surface area contributed by atoms with Gasteiger partial charge in [-0.15, -0.1) is 23.1 Å². The van der Waals surface area contributed by atoms with Crippen LogP contribution >= 0.6 is 23.1 Å². The van der Waals surface area contributed by atoms with Crippen LogP contribution in [-0.4, -0.2) is 24.0 Å². The number of ether oxygens (including phenoxy) is 1. The summed E-state index contributed by atoms with van der Waals surface area (Å²) in [5, 5.41) is 2.83. The normalized spacial score (nSPS) is 10.3. The summed E-state index contributed by atoms with van der Waals surface area (Å²) in [6.45, 7) is 0. The van der Waals surface area contributed by atoms with E-state index in [1.54, 1.807) is 30.1 Å². The Bertz CT molecular complexity index is 893. The number of anilines is 1. The van der Waals surface area contributed by atoms with Crippen LogP contribution in [0.3, 0.4) is 0 Å². The SMILES string of the molecule is COC(=O)c1ccc(C(=O)Nc2ccc(SCc3cccnc3)cc2)s1. The Morgan fingerprint density at radius 1 is 1.12 bits per heavy atom. The number of amides is 1. The van der Waals surface area contributed by atoms with E-state index < -0.39 is 5.97 Å². The number of hydrogen-bond donors (Lipinski definition) is 1. The van der Waals surface area contributed by atoms with Gasteiger partial charge in [-0.3, -0.25) is 9.78 Å². The van der Waals surface area contributed by atoms with Crippen LogP contribution < -0.4 is 5.32 Å². The summed E-state index contributed by atoms with van der Waals surface area (Å²) < 4.78 is 4.65. The molecule has 5 nitrogen and oxygen atoms in total. The molecule has 0 bridgehead atoms. The third-order valence-corrected chi connectivity index (χ3v) is 5.60. The molecule has 0 aliphatic heterocycles. The van der Waals surface area contributed by atoms with E-state index >= 15 is 0 Å². The number of hydrogen-bond acceptors (Lipinski definition) is 6. The van der Waals surface area contributed by atoms with Gasteiger partial charge in [-0.1, -0.05) is 6.07 Å². The topological polar surface area (TPSA) is 68.3 Å². The van der Waals surface area contributed by atoms with Gasteiger partial charge in [0, 0.05) is 28.7 Å². The molecule has 1 aromatic carbocycles. The fourth-order valence-electron chi connectivity index (χ4n) is 2.15. The average molecular weight is 384 g/mol. The highest BCUT2D eigenvalue weighted by Gasteiger charge is 2.14. The van der Waals surface area contributed by atoms with Gasteiger partial charge in [0.25, 0.3) is 5.91 Å². The number of esters is 1. The van der Waals surface area contributed by atoms with Crippen LogP contribution in [0.15, 0.2) is 65.8 Å². The summed E-state index contributed by atoms with van der Waals surface area (Å²) in [7, 11) is 1.32. The zero-order valence-corrected chi connectivity index (χ0v) is 15.6. The number of benzene rings is 1. The molecule has 0 aliphatic rings. The number of nitrogens with one attached hydrogen (secondary N) is 1. The first-order valence-corrected chi connectivity index (χ1v) is 9.57.